The minimum Gasteiger partial charge on any atom is -0.497 e. The van der Waals surface area contributed by atoms with E-state index in [2.05, 4.69) is 5.32 Å². The lowest BCUT2D eigenvalue weighted by molar-refractivity contribution is -0.122. The Balaban J connectivity index is 1.75. The normalized spacial score (nSPS) is 14.7. The molecule has 2 amide bonds. The lowest BCUT2D eigenvalue weighted by atomic mass is 9.98. The van der Waals surface area contributed by atoms with E-state index in [9.17, 15) is 9.59 Å². The number of methoxy groups -OCH3 is 3. The quantitative estimate of drug-likeness (QED) is 0.237. The summed E-state index contributed by atoms with van der Waals surface area (Å²) in [6.45, 7) is 2.86. The molecule has 1 aliphatic rings. The molecule has 1 aromatic heterocycles. The summed E-state index contributed by atoms with van der Waals surface area (Å²) in [7, 11) is 4.88. The van der Waals surface area contributed by atoms with Crippen LogP contribution < -0.4 is 19.7 Å². The maximum absolute atomic E-state index is 13.9. The number of hydrogen-bond acceptors (Lipinski definition) is 7. The van der Waals surface area contributed by atoms with Gasteiger partial charge >= 0.3 is 0 Å². The van der Waals surface area contributed by atoms with E-state index in [0.717, 1.165) is 33.6 Å². The molecule has 43 heavy (non-hydrogen) atoms. The molecular weight excluding hydrogens is 564 g/mol. The molecule has 1 atom stereocenters. The van der Waals surface area contributed by atoms with Crippen LogP contribution in [0.4, 0.5) is 5.82 Å². The Morgan fingerprint density at radius 2 is 1.79 bits per heavy atom. The average Bonchev–Trinajstić information content (AvgIpc) is 3.36. The number of thioether (sulfide) groups is 1. The number of ether oxygens (including phenoxy) is 3. The highest BCUT2D eigenvalue weighted by molar-refractivity contribution is 8.00. The zero-order valence-electron chi connectivity index (χ0n) is 24.8. The first-order valence-corrected chi connectivity index (χ1v) is 15.1. The fourth-order valence-electron chi connectivity index (χ4n) is 5.13. The molecule has 0 fully saturated rings. The number of aromatic nitrogens is 2. The van der Waals surface area contributed by atoms with Crippen molar-refractivity contribution in [2.75, 3.05) is 51.7 Å². The van der Waals surface area contributed by atoms with E-state index in [1.807, 2.05) is 79.7 Å². The van der Waals surface area contributed by atoms with E-state index in [1.54, 1.807) is 30.9 Å². The van der Waals surface area contributed by atoms with Crippen molar-refractivity contribution in [2.45, 2.75) is 18.6 Å². The van der Waals surface area contributed by atoms with Crippen molar-refractivity contribution in [3.8, 4) is 28.4 Å². The third-order valence-electron chi connectivity index (χ3n) is 7.28. The van der Waals surface area contributed by atoms with Gasteiger partial charge in [-0.05, 0) is 43.7 Å². The van der Waals surface area contributed by atoms with E-state index in [0.29, 0.717) is 36.9 Å². The number of benzene rings is 3. The summed E-state index contributed by atoms with van der Waals surface area (Å²) in [6, 6.07) is 23.5. The van der Waals surface area contributed by atoms with Gasteiger partial charge in [0.25, 0.3) is 0 Å². The number of fused-ring (bicyclic) bond motifs is 1. The Morgan fingerprint density at radius 3 is 2.49 bits per heavy atom. The standard InChI is InChI=1S/C33H36N4O5S/c1-22-11-13-24(14-12-22)37-33-30(31(35-37)23-9-6-5-7-10-23)32(26-19-25(41-3)15-16-27(26)42-4)43-21-29(39)36(33)20-28(38)34-17-8-18-40-2/h5-7,9-16,19,32H,8,17-18,20-21H2,1-4H3,(H,34,38). The van der Waals surface area contributed by atoms with Crippen LogP contribution >= 0.6 is 11.8 Å². The van der Waals surface area contributed by atoms with Gasteiger partial charge in [-0.3, -0.25) is 14.5 Å². The summed E-state index contributed by atoms with van der Waals surface area (Å²) in [4.78, 5) is 28.7. The second-order valence-electron chi connectivity index (χ2n) is 10.2. The molecule has 0 bridgehead atoms. The molecule has 1 unspecified atom stereocenters. The molecule has 10 heteroatoms. The van der Waals surface area contributed by atoms with Crippen molar-refractivity contribution in [2.24, 2.45) is 0 Å². The first kappa shape index (κ1) is 30.2. The van der Waals surface area contributed by atoms with E-state index in [1.165, 1.54) is 11.8 Å². The van der Waals surface area contributed by atoms with Crippen molar-refractivity contribution in [3.63, 3.8) is 0 Å². The molecule has 2 heterocycles. The molecule has 224 valence electrons. The molecule has 0 radical (unpaired) electrons. The van der Waals surface area contributed by atoms with Gasteiger partial charge in [-0.25, -0.2) is 4.68 Å². The van der Waals surface area contributed by atoms with E-state index in [-0.39, 0.29) is 29.4 Å². The van der Waals surface area contributed by atoms with Crippen LogP contribution in [0.2, 0.25) is 0 Å². The van der Waals surface area contributed by atoms with Gasteiger partial charge in [0.15, 0.2) is 0 Å². The van der Waals surface area contributed by atoms with Gasteiger partial charge in [0.05, 0.1) is 36.6 Å². The van der Waals surface area contributed by atoms with Crippen LogP contribution in [0.5, 0.6) is 11.5 Å². The highest BCUT2D eigenvalue weighted by Crippen LogP contribution is 2.51. The summed E-state index contributed by atoms with van der Waals surface area (Å²) in [5, 5.41) is 7.72. The summed E-state index contributed by atoms with van der Waals surface area (Å²) in [6.07, 6.45) is 0.675. The number of nitrogens with one attached hydrogen (secondary N) is 1. The lowest BCUT2D eigenvalue weighted by Crippen LogP contribution is -2.42. The number of amides is 2. The van der Waals surface area contributed by atoms with E-state index in [4.69, 9.17) is 19.3 Å². The number of hydrogen-bond donors (Lipinski definition) is 1. The summed E-state index contributed by atoms with van der Waals surface area (Å²) in [5.41, 5.74) is 5.18. The Bertz CT molecular complexity index is 1570. The maximum Gasteiger partial charge on any atom is 0.240 e. The van der Waals surface area contributed by atoms with Gasteiger partial charge in [0.1, 0.15) is 23.9 Å². The summed E-state index contributed by atoms with van der Waals surface area (Å²) >= 11 is 1.48. The van der Waals surface area contributed by atoms with Crippen molar-refractivity contribution >= 4 is 29.4 Å². The molecule has 3 aromatic carbocycles. The molecule has 0 spiro atoms. The first-order chi connectivity index (χ1) is 20.9. The van der Waals surface area contributed by atoms with E-state index < -0.39 is 0 Å². The third-order valence-corrected chi connectivity index (χ3v) is 8.52. The molecule has 0 aliphatic carbocycles. The number of rotatable bonds is 11. The van der Waals surface area contributed by atoms with Gasteiger partial charge in [0.2, 0.25) is 11.8 Å². The topological polar surface area (TPSA) is 94.9 Å². The summed E-state index contributed by atoms with van der Waals surface area (Å²) < 4.78 is 18.3. The zero-order valence-corrected chi connectivity index (χ0v) is 25.6. The number of carbonyl (C=O) groups is 2. The zero-order chi connectivity index (χ0) is 30.3. The predicted molar refractivity (Wildman–Crippen MR) is 169 cm³/mol. The van der Waals surface area contributed by atoms with Gasteiger partial charge < -0.3 is 19.5 Å². The Labute approximate surface area is 256 Å². The minimum atomic E-state index is -0.354. The Hall–Kier alpha value is -4.28. The highest BCUT2D eigenvalue weighted by Gasteiger charge is 2.38. The number of carbonyl (C=O) groups excluding carboxylic acids is 2. The SMILES string of the molecule is COCCCNC(=O)CN1C(=O)CSC(c2cc(OC)ccc2OC)c2c(-c3ccccc3)nn(-c3ccc(C)cc3)c21. The fraction of sp³-hybridized carbons (Fsp3) is 0.303. The van der Waals surface area contributed by atoms with Gasteiger partial charge in [-0.2, -0.15) is 5.10 Å². The number of anilines is 1. The first-order valence-electron chi connectivity index (χ1n) is 14.1. The van der Waals surface area contributed by atoms with Crippen LogP contribution in [0.25, 0.3) is 16.9 Å². The molecule has 9 nitrogen and oxygen atoms in total. The highest BCUT2D eigenvalue weighted by atomic mass is 32.2. The van der Waals surface area contributed by atoms with Gasteiger partial charge in [0, 0.05) is 37.0 Å². The summed E-state index contributed by atoms with van der Waals surface area (Å²) in [5.74, 6) is 1.61. The molecule has 4 aromatic rings. The molecule has 1 aliphatic heterocycles. The van der Waals surface area contributed by atoms with E-state index >= 15 is 0 Å². The minimum absolute atomic E-state index is 0.146. The maximum atomic E-state index is 13.9. The van der Waals surface area contributed by atoms with Crippen LogP contribution in [0.15, 0.2) is 72.8 Å². The molecular formula is C33H36N4O5S. The monoisotopic (exact) mass is 600 g/mol. The average molecular weight is 601 g/mol. The van der Waals surface area contributed by atoms with Crippen molar-refractivity contribution in [3.05, 3.63) is 89.5 Å². The van der Waals surface area contributed by atoms with Crippen molar-refractivity contribution in [1.82, 2.24) is 15.1 Å². The molecule has 0 saturated carbocycles. The largest absolute Gasteiger partial charge is 0.497 e. The van der Waals surface area contributed by atoms with Crippen LogP contribution in [0, 0.1) is 6.92 Å². The van der Waals surface area contributed by atoms with Crippen LogP contribution in [-0.4, -0.2) is 68.4 Å². The molecule has 5 rings (SSSR count). The smallest absolute Gasteiger partial charge is 0.240 e. The molecule has 0 saturated heterocycles. The van der Waals surface area contributed by atoms with Crippen molar-refractivity contribution < 1.29 is 23.8 Å². The second kappa shape index (κ2) is 13.8. The second-order valence-corrected chi connectivity index (χ2v) is 11.3. The third kappa shape index (κ3) is 6.55. The van der Waals surface area contributed by atoms with Crippen molar-refractivity contribution in [1.29, 1.82) is 0 Å². The Kier molecular flexibility index (Phi) is 9.68. The fourth-order valence-corrected chi connectivity index (χ4v) is 6.34. The van der Waals surface area contributed by atoms with Crippen LogP contribution in [-0.2, 0) is 14.3 Å². The number of aryl methyl sites for hydroxylation is 1. The van der Waals surface area contributed by atoms with Gasteiger partial charge in [-0.1, -0.05) is 48.0 Å². The Morgan fingerprint density at radius 1 is 1.02 bits per heavy atom. The number of nitrogens with zero attached hydrogens (tertiary/aromatic N) is 3. The van der Waals surface area contributed by atoms with Gasteiger partial charge in [-0.15, -0.1) is 11.8 Å². The van der Waals surface area contributed by atoms with Crippen LogP contribution in [0.3, 0.4) is 0 Å². The predicted octanol–water partition coefficient (Wildman–Crippen LogP) is 5.19. The lowest BCUT2D eigenvalue weighted by Gasteiger charge is -2.24. The molecule has 1 N–H and O–H groups in total. The van der Waals surface area contributed by atoms with Crippen LogP contribution in [0.1, 0.15) is 28.4 Å².